The van der Waals surface area contributed by atoms with Gasteiger partial charge in [-0.3, -0.25) is 10.1 Å². The summed E-state index contributed by atoms with van der Waals surface area (Å²) in [4.78, 5) is 9.16. The molecule has 0 atom stereocenters. The number of hydrogen-bond donors (Lipinski definition) is 1. The van der Waals surface area contributed by atoms with Crippen LogP contribution < -0.4 is 5.14 Å². The zero-order valence-electron chi connectivity index (χ0n) is 7.55. The summed E-state index contributed by atoms with van der Waals surface area (Å²) in [5.74, 6) is 0. The molecule has 1 aromatic carbocycles. The second-order valence-corrected chi connectivity index (χ2v) is 4.65. The Balaban J connectivity index is 3.64. The molecule has 0 aliphatic heterocycles. The fourth-order valence-electron chi connectivity index (χ4n) is 1.00. The molecule has 0 aromatic heterocycles. The Morgan fingerprint density at radius 2 is 2.06 bits per heavy atom. The average Bonchev–Trinajstić information content (AvgIpc) is 2.15. The first-order chi connectivity index (χ1) is 7.27. The van der Waals surface area contributed by atoms with Crippen LogP contribution in [0.15, 0.2) is 17.0 Å². The minimum atomic E-state index is -4.11. The third-order valence-electron chi connectivity index (χ3n) is 1.67. The van der Waals surface area contributed by atoms with Gasteiger partial charge in [-0.1, -0.05) is 11.6 Å². The van der Waals surface area contributed by atoms with Crippen LogP contribution in [0.1, 0.15) is 5.56 Å². The number of nitro benzene ring substituents is 1. The monoisotopic (exact) mass is 261 g/mol. The number of nitriles is 1. The van der Waals surface area contributed by atoms with Crippen LogP contribution in [0.3, 0.4) is 0 Å². The molecule has 0 aliphatic carbocycles. The van der Waals surface area contributed by atoms with Crippen molar-refractivity contribution in [3.63, 3.8) is 0 Å². The Kier molecular flexibility index (Phi) is 3.14. The lowest BCUT2D eigenvalue weighted by Gasteiger charge is -2.02. The minimum Gasteiger partial charge on any atom is -0.258 e. The number of nitro groups is 1. The Bertz CT molecular complexity index is 605. The summed E-state index contributed by atoms with van der Waals surface area (Å²) in [5, 5.41) is 23.5. The Hall–Kier alpha value is -1.69. The van der Waals surface area contributed by atoms with Gasteiger partial charge in [0.15, 0.2) is 0 Å². The molecule has 0 spiro atoms. The zero-order valence-corrected chi connectivity index (χ0v) is 9.12. The van der Waals surface area contributed by atoms with E-state index >= 15 is 0 Å². The quantitative estimate of drug-likeness (QED) is 0.621. The van der Waals surface area contributed by atoms with Crippen LogP contribution in [-0.4, -0.2) is 13.3 Å². The maximum absolute atomic E-state index is 11.0. The van der Waals surface area contributed by atoms with Gasteiger partial charge in [0, 0.05) is 6.07 Å². The van der Waals surface area contributed by atoms with Crippen LogP contribution in [0.25, 0.3) is 0 Å². The number of halogens is 1. The second kappa shape index (κ2) is 4.05. The van der Waals surface area contributed by atoms with Crippen molar-refractivity contribution < 1.29 is 13.3 Å². The number of sulfonamides is 1. The van der Waals surface area contributed by atoms with E-state index in [1.54, 1.807) is 0 Å². The first-order valence-corrected chi connectivity index (χ1v) is 5.60. The van der Waals surface area contributed by atoms with Crippen LogP contribution in [0.5, 0.6) is 0 Å². The summed E-state index contributed by atoms with van der Waals surface area (Å²) < 4.78 is 22.0. The fourth-order valence-corrected chi connectivity index (χ4v) is 2.09. The first kappa shape index (κ1) is 12.4. The molecule has 0 saturated carbocycles. The number of nitrogens with zero attached hydrogens (tertiary/aromatic N) is 2. The lowest BCUT2D eigenvalue weighted by atomic mass is 10.2. The van der Waals surface area contributed by atoms with Crippen molar-refractivity contribution in [2.24, 2.45) is 5.14 Å². The van der Waals surface area contributed by atoms with Crippen molar-refractivity contribution in [3.05, 3.63) is 32.8 Å². The van der Waals surface area contributed by atoms with Crippen LogP contribution in [0, 0.1) is 21.4 Å². The van der Waals surface area contributed by atoms with Crippen molar-refractivity contribution in [1.82, 2.24) is 0 Å². The molecule has 2 N–H and O–H groups in total. The van der Waals surface area contributed by atoms with Gasteiger partial charge >= 0.3 is 0 Å². The molecule has 0 radical (unpaired) electrons. The number of rotatable bonds is 2. The van der Waals surface area contributed by atoms with Crippen molar-refractivity contribution in [2.45, 2.75) is 4.90 Å². The van der Waals surface area contributed by atoms with Gasteiger partial charge in [-0.05, 0) is 6.07 Å². The van der Waals surface area contributed by atoms with E-state index < -0.39 is 36.1 Å². The molecule has 1 aromatic rings. The van der Waals surface area contributed by atoms with E-state index in [2.05, 4.69) is 0 Å². The van der Waals surface area contributed by atoms with Gasteiger partial charge in [0.1, 0.15) is 16.5 Å². The Morgan fingerprint density at radius 3 is 2.44 bits per heavy atom. The highest BCUT2D eigenvalue weighted by Crippen LogP contribution is 2.28. The Morgan fingerprint density at radius 1 is 1.50 bits per heavy atom. The molecule has 0 saturated heterocycles. The van der Waals surface area contributed by atoms with E-state index in [-0.39, 0.29) is 0 Å². The smallest absolute Gasteiger partial charge is 0.258 e. The molecule has 84 valence electrons. The van der Waals surface area contributed by atoms with Gasteiger partial charge in [0.2, 0.25) is 10.0 Å². The molecule has 0 unspecified atom stereocenters. The SMILES string of the molecule is N#Cc1cc(S(N)(=O)=O)c(Cl)cc1[N+](=O)[O-]. The van der Waals surface area contributed by atoms with Crippen LogP contribution in [0.4, 0.5) is 5.69 Å². The molecule has 16 heavy (non-hydrogen) atoms. The average molecular weight is 262 g/mol. The normalized spacial score (nSPS) is 10.8. The molecule has 0 aliphatic rings. The van der Waals surface area contributed by atoms with Crippen LogP contribution in [-0.2, 0) is 10.0 Å². The molecule has 1 rings (SSSR count). The second-order valence-electron chi connectivity index (χ2n) is 2.71. The molecule has 0 fully saturated rings. The summed E-state index contributed by atoms with van der Waals surface area (Å²) in [6.07, 6.45) is 0. The molecule has 0 amide bonds. The third kappa shape index (κ3) is 2.27. The number of nitrogens with two attached hydrogens (primary N) is 1. The summed E-state index contributed by atoms with van der Waals surface area (Å²) in [7, 11) is -4.11. The van der Waals surface area contributed by atoms with Crippen molar-refractivity contribution in [1.29, 1.82) is 5.26 Å². The van der Waals surface area contributed by atoms with Gasteiger partial charge in [-0.2, -0.15) is 5.26 Å². The molecule has 9 heteroatoms. The van der Waals surface area contributed by atoms with Gasteiger partial charge < -0.3 is 0 Å². The first-order valence-electron chi connectivity index (χ1n) is 3.68. The molecule has 0 bridgehead atoms. The number of primary sulfonamides is 1. The van der Waals surface area contributed by atoms with Crippen molar-refractivity contribution >= 4 is 27.3 Å². The zero-order chi connectivity index (χ0) is 12.5. The third-order valence-corrected chi connectivity index (χ3v) is 3.05. The summed E-state index contributed by atoms with van der Waals surface area (Å²) in [5.41, 5.74) is -0.988. The van der Waals surface area contributed by atoms with Gasteiger partial charge in [-0.25, -0.2) is 13.6 Å². The maximum Gasteiger partial charge on any atom is 0.288 e. The largest absolute Gasteiger partial charge is 0.288 e. The van der Waals surface area contributed by atoms with E-state index in [9.17, 15) is 18.5 Å². The van der Waals surface area contributed by atoms with E-state index in [1.165, 1.54) is 6.07 Å². The standard InChI is InChI=1S/C7H4ClN3O4S/c8-5-2-6(11(12)13)4(3-9)1-7(5)16(10,14)15/h1-2H,(H2,10,14,15). The van der Waals surface area contributed by atoms with Crippen LogP contribution in [0.2, 0.25) is 5.02 Å². The minimum absolute atomic E-state index is 0.395. The summed E-state index contributed by atoms with van der Waals surface area (Å²) in [6.45, 7) is 0. The van der Waals surface area contributed by atoms with E-state index in [1.807, 2.05) is 0 Å². The fraction of sp³-hybridized carbons (Fsp3) is 0. The summed E-state index contributed by atoms with van der Waals surface area (Å²) in [6, 6.07) is 3.05. The molecular weight excluding hydrogens is 258 g/mol. The molecule has 0 heterocycles. The highest BCUT2D eigenvalue weighted by Gasteiger charge is 2.22. The summed E-state index contributed by atoms with van der Waals surface area (Å²) >= 11 is 5.51. The van der Waals surface area contributed by atoms with Crippen LogP contribution >= 0.6 is 11.6 Å². The highest BCUT2D eigenvalue weighted by molar-refractivity contribution is 7.89. The highest BCUT2D eigenvalue weighted by atomic mass is 35.5. The topological polar surface area (TPSA) is 127 Å². The predicted octanol–water partition coefficient (Wildman–Crippen LogP) is 0.767. The van der Waals surface area contributed by atoms with E-state index in [0.29, 0.717) is 0 Å². The van der Waals surface area contributed by atoms with E-state index in [0.717, 1.165) is 12.1 Å². The van der Waals surface area contributed by atoms with E-state index in [4.69, 9.17) is 22.0 Å². The number of benzene rings is 1. The lowest BCUT2D eigenvalue weighted by molar-refractivity contribution is -0.385. The van der Waals surface area contributed by atoms with Gasteiger partial charge in [0.05, 0.1) is 9.95 Å². The maximum atomic E-state index is 11.0. The molecule has 7 nitrogen and oxygen atoms in total. The van der Waals surface area contributed by atoms with Gasteiger partial charge in [-0.15, -0.1) is 0 Å². The predicted molar refractivity (Wildman–Crippen MR) is 54.2 cm³/mol. The Labute approximate surface area is 95.2 Å². The number of hydrogen-bond acceptors (Lipinski definition) is 5. The van der Waals surface area contributed by atoms with Gasteiger partial charge in [0.25, 0.3) is 5.69 Å². The van der Waals surface area contributed by atoms with Crippen molar-refractivity contribution in [3.8, 4) is 6.07 Å². The molecular formula is C7H4ClN3O4S. The lowest BCUT2D eigenvalue weighted by Crippen LogP contribution is -2.13. The van der Waals surface area contributed by atoms with Crippen molar-refractivity contribution in [2.75, 3.05) is 0 Å².